The fourth-order valence-electron chi connectivity index (χ4n) is 2.71. The second kappa shape index (κ2) is 10.6. The third-order valence-corrected chi connectivity index (χ3v) is 6.17. The zero-order chi connectivity index (χ0) is 22.3. The summed E-state index contributed by atoms with van der Waals surface area (Å²) in [6.45, 7) is 1.50. The number of aliphatic hydroxyl groups excluding tert-OH is 2. The van der Waals surface area contributed by atoms with Crippen LogP contribution in [0.1, 0.15) is 23.1 Å². The Bertz CT molecular complexity index is 1250. The predicted octanol–water partition coefficient (Wildman–Crippen LogP) is 3.25. The first-order chi connectivity index (χ1) is 15.6. The van der Waals surface area contributed by atoms with E-state index in [4.69, 9.17) is 9.84 Å². The summed E-state index contributed by atoms with van der Waals surface area (Å²) < 4.78 is 6.13. The monoisotopic (exact) mass is 465 g/mol. The predicted molar refractivity (Wildman–Crippen MR) is 124 cm³/mol. The molecule has 0 aliphatic rings. The molecule has 0 spiro atoms. The van der Waals surface area contributed by atoms with Gasteiger partial charge in [-0.15, -0.1) is 0 Å². The van der Waals surface area contributed by atoms with Crippen LogP contribution in [0.2, 0.25) is 0 Å². The number of hydrogen-bond acceptors (Lipinski definition) is 9. The number of aliphatic hydroxyl groups is 2. The van der Waals surface area contributed by atoms with E-state index < -0.39 is 6.10 Å². The van der Waals surface area contributed by atoms with Gasteiger partial charge in [0.25, 0.3) is 0 Å². The Morgan fingerprint density at radius 3 is 2.84 bits per heavy atom. The molecule has 0 aromatic carbocycles. The third-order valence-electron chi connectivity index (χ3n) is 4.39. The quantitative estimate of drug-likeness (QED) is 0.342. The number of H-pyrrole nitrogens is 1. The summed E-state index contributed by atoms with van der Waals surface area (Å²) in [5.74, 6) is 2.19. The van der Waals surface area contributed by atoms with Crippen LogP contribution >= 0.6 is 22.9 Å². The molecule has 32 heavy (non-hydrogen) atoms. The molecule has 162 valence electrons. The maximum absolute atomic E-state index is 9.81. The van der Waals surface area contributed by atoms with Crippen LogP contribution in [-0.4, -0.2) is 42.9 Å². The van der Waals surface area contributed by atoms with Crippen LogP contribution in [0.5, 0.6) is 11.5 Å². The number of aromatic nitrogens is 4. The van der Waals surface area contributed by atoms with Crippen LogP contribution in [0.15, 0.2) is 64.9 Å². The van der Waals surface area contributed by atoms with E-state index in [0.717, 1.165) is 16.3 Å². The van der Waals surface area contributed by atoms with Gasteiger partial charge in [0, 0.05) is 0 Å². The molecule has 0 radical (unpaired) electrons. The normalized spacial score (nSPS) is 12.5. The molecule has 8 nitrogen and oxygen atoms in total. The third kappa shape index (κ3) is 5.68. The van der Waals surface area contributed by atoms with Crippen LogP contribution in [0.3, 0.4) is 0 Å². The van der Waals surface area contributed by atoms with E-state index in [1.165, 1.54) is 11.2 Å². The molecule has 1 atom stereocenters. The summed E-state index contributed by atoms with van der Waals surface area (Å²) in [5, 5.41) is 19.0. The molecule has 0 bridgehead atoms. The van der Waals surface area contributed by atoms with Crippen molar-refractivity contribution in [2.24, 2.45) is 4.99 Å². The SMILES string of the molecule is Cc1ncccc1Oc1cc(SCc2ccccn2)cnc1/N=c1/[nH]c(C(O)CO)bs1. The van der Waals surface area contributed by atoms with Gasteiger partial charge in [-0.2, -0.15) is 0 Å². The van der Waals surface area contributed by atoms with Crippen LogP contribution in [0.25, 0.3) is 0 Å². The van der Waals surface area contributed by atoms with Crippen LogP contribution < -0.4 is 9.54 Å². The average Bonchev–Trinajstić information content (AvgIpc) is 3.29. The first kappa shape index (κ1) is 22.3. The van der Waals surface area contributed by atoms with Gasteiger partial charge in [0.1, 0.15) is 0 Å². The fourth-order valence-corrected chi connectivity index (χ4v) is 4.28. The van der Waals surface area contributed by atoms with E-state index in [9.17, 15) is 5.11 Å². The summed E-state index contributed by atoms with van der Waals surface area (Å²) in [4.78, 5) is 22.1. The number of nitrogens with one attached hydrogen (secondary N) is 1. The van der Waals surface area contributed by atoms with Gasteiger partial charge in [-0.25, -0.2) is 0 Å². The molecule has 0 aliphatic heterocycles. The van der Waals surface area contributed by atoms with Crippen molar-refractivity contribution in [2.45, 2.75) is 23.7 Å². The Hall–Kier alpha value is -2.86. The maximum atomic E-state index is 9.81. The molecule has 4 rings (SSSR count). The second-order valence-corrected chi connectivity index (χ2v) is 8.63. The first-order valence-corrected chi connectivity index (χ1v) is 11.6. The summed E-state index contributed by atoms with van der Waals surface area (Å²) in [5.41, 5.74) is 2.21. The minimum atomic E-state index is -0.984. The molecule has 4 aromatic heterocycles. The molecule has 1 unspecified atom stereocenters. The van der Waals surface area contributed by atoms with E-state index in [1.807, 2.05) is 43.3 Å². The molecule has 0 saturated heterocycles. The number of hydrogen-bond donors (Lipinski definition) is 3. The molecule has 4 aromatic rings. The molecule has 0 amide bonds. The van der Waals surface area contributed by atoms with Gasteiger partial charge in [-0.05, 0) is 6.07 Å². The number of aromatic amines is 1. The van der Waals surface area contributed by atoms with Gasteiger partial charge in [-0.3, -0.25) is 0 Å². The summed E-state index contributed by atoms with van der Waals surface area (Å²) >= 11 is 2.90. The van der Waals surface area contributed by atoms with Crippen molar-refractivity contribution in [1.29, 1.82) is 0 Å². The van der Waals surface area contributed by atoms with Crippen LogP contribution in [0, 0.1) is 6.92 Å². The standard InChI is InChI=1S/C21H20BN5O3S2/c1-13-17(6-4-8-23-13)30-18-9-15(31-12-14-5-2-3-7-24-14)10-25-20(18)27-21-26-19(22-32-21)16(29)11-28/h2-10,16,28-29H,11-12H2,1H3,(H,25,26,27). The average molecular weight is 465 g/mol. The van der Waals surface area contributed by atoms with Crippen LogP contribution in [0.4, 0.5) is 5.82 Å². The van der Waals surface area contributed by atoms with Gasteiger partial charge in [0.05, 0.1) is 0 Å². The van der Waals surface area contributed by atoms with Crippen LogP contribution in [-0.2, 0) is 5.75 Å². The Morgan fingerprint density at radius 1 is 1.19 bits per heavy atom. The van der Waals surface area contributed by atoms with E-state index in [0.29, 0.717) is 33.5 Å². The summed E-state index contributed by atoms with van der Waals surface area (Å²) in [6, 6.07) is 11.4. The number of nitrogens with zero attached hydrogens (tertiary/aromatic N) is 4. The Labute approximate surface area is 193 Å². The molecular formula is C21H20BN5O3S2. The number of aryl methyl sites for hydroxylation is 1. The zero-order valence-corrected chi connectivity index (χ0v) is 18.8. The Morgan fingerprint density at radius 2 is 2.06 bits per heavy atom. The molecule has 0 aliphatic carbocycles. The molecule has 0 fully saturated rings. The number of pyridine rings is 3. The van der Waals surface area contributed by atoms with Crippen molar-refractivity contribution in [3.05, 3.63) is 76.8 Å². The van der Waals surface area contributed by atoms with Gasteiger partial charge >= 0.3 is 187 Å². The molecule has 11 heteroatoms. The van der Waals surface area contributed by atoms with Crippen molar-refractivity contribution in [1.82, 2.24) is 19.9 Å². The van der Waals surface area contributed by atoms with E-state index in [-0.39, 0.29) is 6.61 Å². The first-order valence-electron chi connectivity index (χ1n) is 9.76. The van der Waals surface area contributed by atoms with Crippen molar-refractivity contribution < 1.29 is 14.9 Å². The topological polar surface area (TPSA) is 117 Å². The molecule has 4 heterocycles. The summed E-state index contributed by atoms with van der Waals surface area (Å²) in [7, 11) is 0. The Kier molecular flexibility index (Phi) is 7.43. The minimum absolute atomic E-state index is 0.373. The van der Waals surface area contributed by atoms with E-state index in [2.05, 4.69) is 24.9 Å². The van der Waals surface area contributed by atoms with Gasteiger partial charge in [-0.1, -0.05) is 0 Å². The van der Waals surface area contributed by atoms with E-state index in [1.54, 1.807) is 36.5 Å². The van der Waals surface area contributed by atoms with E-state index >= 15 is 0 Å². The van der Waals surface area contributed by atoms with Gasteiger partial charge in [0.15, 0.2) is 0 Å². The fraction of sp³-hybridized carbons (Fsp3) is 0.190. The van der Waals surface area contributed by atoms with Gasteiger partial charge in [0.2, 0.25) is 0 Å². The van der Waals surface area contributed by atoms with Gasteiger partial charge < -0.3 is 0 Å². The molecule has 3 N–H and O–H groups in total. The second-order valence-electron chi connectivity index (χ2n) is 6.72. The number of ether oxygens (including phenoxy) is 1. The number of rotatable bonds is 8. The van der Waals surface area contributed by atoms with Crippen molar-refractivity contribution in [3.8, 4) is 11.5 Å². The van der Waals surface area contributed by atoms with Crippen molar-refractivity contribution >= 4 is 34.9 Å². The number of thioether (sulfide) groups is 1. The summed E-state index contributed by atoms with van der Waals surface area (Å²) in [6.07, 6.45) is 5.95. The molecule has 0 saturated carbocycles. The van der Waals surface area contributed by atoms with Crippen molar-refractivity contribution in [3.63, 3.8) is 0 Å². The molecular weight excluding hydrogens is 445 g/mol. The van der Waals surface area contributed by atoms with Crippen molar-refractivity contribution in [2.75, 3.05) is 6.61 Å². The zero-order valence-electron chi connectivity index (χ0n) is 17.2. The Balaban J connectivity index is 1.66.